The summed E-state index contributed by atoms with van der Waals surface area (Å²) < 4.78 is 31.5. The number of methoxy groups -OCH3 is 1. The summed E-state index contributed by atoms with van der Waals surface area (Å²) in [6.45, 7) is 3.60. The van der Waals surface area contributed by atoms with Crippen molar-refractivity contribution >= 4 is 39.1 Å². The van der Waals surface area contributed by atoms with E-state index in [0.717, 1.165) is 17.0 Å². The number of ether oxygens (including phenoxy) is 1. The van der Waals surface area contributed by atoms with Gasteiger partial charge in [-0.15, -0.1) is 0 Å². The second-order valence-corrected chi connectivity index (χ2v) is 9.90. The van der Waals surface area contributed by atoms with E-state index in [9.17, 15) is 18.0 Å². The van der Waals surface area contributed by atoms with Gasteiger partial charge in [-0.05, 0) is 43.2 Å². The number of nitrogens with zero attached hydrogens (tertiary/aromatic N) is 2. The minimum atomic E-state index is -3.83. The number of carbonyl (C=O) groups is 2. The van der Waals surface area contributed by atoms with E-state index in [0.29, 0.717) is 22.9 Å². The molecule has 0 fully saturated rings. The molecule has 2 amide bonds. The van der Waals surface area contributed by atoms with Crippen molar-refractivity contribution < 1.29 is 22.7 Å². The second-order valence-electron chi connectivity index (χ2n) is 7.56. The molecule has 8 nitrogen and oxygen atoms in total. The molecule has 180 valence electrons. The zero-order valence-electron chi connectivity index (χ0n) is 19.2. The SMILES string of the molecule is CCCNC(=O)[C@@H](C)N(Cc1cccc(Cl)c1)C(=O)CN(c1ccccc1OC)S(C)(=O)=O. The van der Waals surface area contributed by atoms with E-state index in [-0.39, 0.29) is 18.1 Å². The molecule has 0 saturated heterocycles. The molecule has 1 atom stereocenters. The molecule has 33 heavy (non-hydrogen) atoms. The third-order valence-corrected chi connectivity index (χ3v) is 6.35. The molecule has 0 heterocycles. The van der Waals surface area contributed by atoms with Crippen molar-refractivity contribution in [1.29, 1.82) is 0 Å². The Morgan fingerprint density at radius 1 is 1.15 bits per heavy atom. The van der Waals surface area contributed by atoms with Crippen molar-refractivity contribution in [3.63, 3.8) is 0 Å². The lowest BCUT2D eigenvalue weighted by atomic mass is 10.1. The molecule has 0 spiro atoms. The molecule has 0 aliphatic carbocycles. The maximum Gasteiger partial charge on any atom is 0.244 e. The van der Waals surface area contributed by atoms with Gasteiger partial charge in [0.25, 0.3) is 0 Å². The van der Waals surface area contributed by atoms with Crippen LogP contribution in [0.3, 0.4) is 0 Å². The molecule has 2 aromatic carbocycles. The van der Waals surface area contributed by atoms with Crippen molar-refractivity contribution in [3.8, 4) is 5.75 Å². The average Bonchev–Trinajstić information content (AvgIpc) is 2.78. The van der Waals surface area contributed by atoms with Crippen LogP contribution in [0.25, 0.3) is 0 Å². The van der Waals surface area contributed by atoms with Gasteiger partial charge >= 0.3 is 0 Å². The molecule has 10 heteroatoms. The van der Waals surface area contributed by atoms with Gasteiger partial charge < -0.3 is 15.0 Å². The minimum Gasteiger partial charge on any atom is -0.495 e. The summed E-state index contributed by atoms with van der Waals surface area (Å²) in [4.78, 5) is 27.5. The second kappa shape index (κ2) is 11.9. The number of halogens is 1. The Morgan fingerprint density at radius 2 is 1.85 bits per heavy atom. The van der Waals surface area contributed by atoms with Crippen molar-refractivity contribution in [3.05, 3.63) is 59.1 Å². The highest BCUT2D eigenvalue weighted by molar-refractivity contribution is 7.92. The van der Waals surface area contributed by atoms with Gasteiger partial charge in [0, 0.05) is 18.1 Å². The lowest BCUT2D eigenvalue weighted by molar-refractivity contribution is -0.139. The predicted molar refractivity (Wildman–Crippen MR) is 130 cm³/mol. The summed E-state index contributed by atoms with van der Waals surface area (Å²) in [5.74, 6) is -0.549. The first-order chi connectivity index (χ1) is 15.6. The number of carbonyl (C=O) groups excluding carboxylic acids is 2. The fourth-order valence-corrected chi connectivity index (χ4v) is 4.31. The van der Waals surface area contributed by atoms with Crippen LogP contribution in [-0.4, -0.2) is 57.6 Å². The van der Waals surface area contributed by atoms with E-state index in [2.05, 4.69) is 5.32 Å². The zero-order valence-corrected chi connectivity index (χ0v) is 20.8. The number of rotatable bonds is 11. The summed E-state index contributed by atoms with van der Waals surface area (Å²) in [6, 6.07) is 12.7. The van der Waals surface area contributed by atoms with Crippen LogP contribution in [0.15, 0.2) is 48.5 Å². The average molecular weight is 496 g/mol. The molecule has 0 unspecified atom stereocenters. The molecule has 0 radical (unpaired) electrons. The first-order valence-electron chi connectivity index (χ1n) is 10.5. The molecule has 1 N–H and O–H groups in total. The maximum absolute atomic E-state index is 13.4. The van der Waals surface area contributed by atoms with Gasteiger partial charge in [-0.1, -0.05) is 42.8 Å². The highest BCUT2D eigenvalue weighted by Crippen LogP contribution is 2.29. The maximum atomic E-state index is 13.4. The Bertz CT molecular complexity index is 1080. The topological polar surface area (TPSA) is 96.0 Å². The van der Waals surface area contributed by atoms with E-state index < -0.39 is 28.5 Å². The molecular formula is C23H30ClN3O5S. The fourth-order valence-electron chi connectivity index (χ4n) is 3.24. The van der Waals surface area contributed by atoms with Crippen molar-refractivity contribution in [1.82, 2.24) is 10.2 Å². The summed E-state index contributed by atoms with van der Waals surface area (Å²) >= 11 is 6.09. The molecule has 0 aliphatic heterocycles. The van der Waals surface area contributed by atoms with Gasteiger partial charge in [-0.25, -0.2) is 8.42 Å². The first kappa shape index (κ1) is 26.5. The van der Waals surface area contributed by atoms with Crippen LogP contribution in [0.1, 0.15) is 25.8 Å². The lowest BCUT2D eigenvalue weighted by Gasteiger charge is -2.31. The Balaban J connectivity index is 2.41. The minimum absolute atomic E-state index is 0.0869. The van der Waals surface area contributed by atoms with Crippen LogP contribution in [0.5, 0.6) is 5.75 Å². The Kier molecular flexibility index (Phi) is 9.55. The molecule has 0 saturated carbocycles. The first-order valence-corrected chi connectivity index (χ1v) is 12.7. The number of amides is 2. The van der Waals surface area contributed by atoms with Crippen LogP contribution in [0.4, 0.5) is 5.69 Å². The number of para-hydroxylation sites is 2. The molecule has 2 rings (SSSR count). The van der Waals surface area contributed by atoms with E-state index >= 15 is 0 Å². The van der Waals surface area contributed by atoms with Crippen molar-refractivity contribution in [2.24, 2.45) is 0 Å². The van der Waals surface area contributed by atoms with Crippen LogP contribution in [0.2, 0.25) is 5.02 Å². The molecule has 0 aromatic heterocycles. The van der Waals surface area contributed by atoms with Gasteiger partial charge in [0.2, 0.25) is 21.8 Å². The molecule has 0 bridgehead atoms. The van der Waals surface area contributed by atoms with Crippen LogP contribution >= 0.6 is 11.6 Å². The molecule has 0 aliphatic rings. The van der Waals surface area contributed by atoms with Crippen LogP contribution < -0.4 is 14.4 Å². The lowest BCUT2D eigenvalue weighted by Crippen LogP contribution is -2.51. The summed E-state index contributed by atoms with van der Waals surface area (Å²) in [5.41, 5.74) is 0.954. The normalized spacial score (nSPS) is 12.0. The largest absolute Gasteiger partial charge is 0.495 e. The number of anilines is 1. The van der Waals surface area contributed by atoms with E-state index in [1.54, 1.807) is 55.5 Å². The van der Waals surface area contributed by atoms with Crippen molar-refractivity contribution in [2.45, 2.75) is 32.9 Å². The fraction of sp³-hybridized carbons (Fsp3) is 0.391. The highest BCUT2D eigenvalue weighted by atomic mass is 35.5. The van der Waals surface area contributed by atoms with Gasteiger partial charge in [-0.2, -0.15) is 0 Å². The third kappa shape index (κ3) is 7.36. The number of hydrogen-bond donors (Lipinski definition) is 1. The van der Waals surface area contributed by atoms with E-state index in [4.69, 9.17) is 16.3 Å². The smallest absolute Gasteiger partial charge is 0.244 e. The summed E-state index contributed by atoms with van der Waals surface area (Å²) in [6.07, 6.45) is 1.77. The highest BCUT2D eigenvalue weighted by Gasteiger charge is 2.31. The van der Waals surface area contributed by atoms with E-state index in [1.807, 2.05) is 6.92 Å². The quantitative estimate of drug-likeness (QED) is 0.517. The Labute approximate surface area is 200 Å². The number of nitrogens with one attached hydrogen (secondary N) is 1. The number of hydrogen-bond acceptors (Lipinski definition) is 5. The van der Waals surface area contributed by atoms with Gasteiger partial charge in [-0.3, -0.25) is 13.9 Å². The van der Waals surface area contributed by atoms with Crippen LogP contribution in [-0.2, 0) is 26.2 Å². The monoisotopic (exact) mass is 495 g/mol. The van der Waals surface area contributed by atoms with Crippen LogP contribution in [0, 0.1) is 0 Å². The van der Waals surface area contributed by atoms with Crippen molar-refractivity contribution in [2.75, 3.05) is 30.8 Å². The standard InChI is InChI=1S/C23H30ClN3O5S/c1-5-13-25-23(29)17(2)26(15-18-9-8-10-19(24)14-18)22(28)16-27(33(4,30)31)20-11-6-7-12-21(20)32-3/h6-12,14,17H,5,13,15-16H2,1-4H3,(H,25,29)/t17-/m1/s1. The summed E-state index contributed by atoms with van der Waals surface area (Å²) in [5, 5.41) is 3.28. The number of benzene rings is 2. The summed E-state index contributed by atoms with van der Waals surface area (Å²) in [7, 11) is -2.41. The Hall–Kier alpha value is -2.78. The molecular weight excluding hydrogens is 466 g/mol. The van der Waals surface area contributed by atoms with Gasteiger partial charge in [0.05, 0.1) is 19.1 Å². The van der Waals surface area contributed by atoms with Gasteiger partial charge in [0.15, 0.2) is 0 Å². The predicted octanol–water partition coefficient (Wildman–Crippen LogP) is 3.06. The Morgan fingerprint density at radius 3 is 2.45 bits per heavy atom. The van der Waals surface area contributed by atoms with E-state index in [1.165, 1.54) is 12.0 Å². The number of sulfonamides is 1. The van der Waals surface area contributed by atoms with Gasteiger partial charge in [0.1, 0.15) is 18.3 Å². The molecule has 2 aromatic rings. The zero-order chi connectivity index (χ0) is 24.6. The third-order valence-electron chi connectivity index (χ3n) is 4.99.